The predicted molar refractivity (Wildman–Crippen MR) is 94.5 cm³/mol. The van der Waals surface area contributed by atoms with Gasteiger partial charge in [0.25, 0.3) is 0 Å². The third-order valence-corrected chi connectivity index (χ3v) is 4.15. The summed E-state index contributed by atoms with van der Waals surface area (Å²) < 4.78 is 5.66. The molecular formula is C16H22BrClN2O3. The number of carbonyl (C=O) groups is 2. The maximum Gasteiger partial charge on any atom is 0.307 e. The minimum atomic E-state index is -0.379. The fourth-order valence-corrected chi connectivity index (χ4v) is 2.42. The zero-order valence-corrected chi connectivity index (χ0v) is 15.4. The van der Waals surface area contributed by atoms with Crippen molar-refractivity contribution < 1.29 is 14.3 Å². The third kappa shape index (κ3) is 7.33. The molecule has 7 heteroatoms. The van der Waals surface area contributed by atoms with Gasteiger partial charge in [-0.3, -0.25) is 9.59 Å². The van der Waals surface area contributed by atoms with E-state index in [1.165, 1.54) is 20.0 Å². The molecule has 2 N–H and O–H groups in total. The first-order valence-corrected chi connectivity index (χ1v) is 8.20. The number of methoxy groups -OCH3 is 1. The largest absolute Gasteiger partial charge is 0.469 e. The van der Waals surface area contributed by atoms with E-state index in [1.54, 1.807) is 0 Å². The first-order valence-electron chi connectivity index (χ1n) is 7.41. The topological polar surface area (TPSA) is 67.4 Å². The second kappa shape index (κ2) is 9.90. The SMILES string of the molecule is COC(=O)CC(NC(=O)CNCC1CC1)c1ccc(Br)cc1.Cl. The van der Waals surface area contributed by atoms with Crippen LogP contribution in [0.5, 0.6) is 0 Å². The van der Waals surface area contributed by atoms with E-state index in [0.29, 0.717) is 0 Å². The second-order valence-corrected chi connectivity index (χ2v) is 6.44. The summed E-state index contributed by atoms with van der Waals surface area (Å²) in [5.74, 6) is 0.266. The average molecular weight is 406 g/mol. The van der Waals surface area contributed by atoms with Crippen LogP contribution in [-0.4, -0.2) is 32.1 Å². The lowest BCUT2D eigenvalue weighted by Gasteiger charge is -2.18. The molecule has 1 atom stereocenters. The van der Waals surface area contributed by atoms with Gasteiger partial charge in [0.05, 0.1) is 26.1 Å². The molecule has 1 saturated carbocycles. The van der Waals surface area contributed by atoms with Crippen LogP contribution in [0.3, 0.4) is 0 Å². The van der Waals surface area contributed by atoms with Crippen LogP contribution in [0.25, 0.3) is 0 Å². The highest BCUT2D eigenvalue weighted by Crippen LogP contribution is 2.27. The van der Waals surface area contributed by atoms with Crippen LogP contribution >= 0.6 is 28.3 Å². The Morgan fingerprint density at radius 3 is 2.52 bits per heavy atom. The lowest BCUT2D eigenvalue weighted by atomic mass is 10.0. The quantitative estimate of drug-likeness (QED) is 0.652. The van der Waals surface area contributed by atoms with E-state index in [0.717, 1.165) is 22.5 Å². The molecule has 0 bridgehead atoms. The van der Waals surface area contributed by atoms with E-state index in [1.807, 2.05) is 24.3 Å². The number of halogens is 2. The Labute approximate surface area is 151 Å². The molecule has 1 aliphatic carbocycles. The van der Waals surface area contributed by atoms with Crippen molar-refractivity contribution >= 4 is 40.2 Å². The van der Waals surface area contributed by atoms with Crippen molar-refractivity contribution in [2.45, 2.75) is 25.3 Å². The Hall–Kier alpha value is -1.11. The van der Waals surface area contributed by atoms with Crippen LogP contribution in [0.4, 0.5) is 0 Å². The van der Waals surface area contributed by atoms with Gasteiger partial charge in [0, 0.05) is 4.47 Å². The fourth-order valence-electron chi connectivity index (χ4n) is 2.15. The molecule has 0 heterocycles. The fraction of sp³-hybridized carbons (Fsp3) is 0.500. The Kier molecular flexibility index (Phi) is 8.58. The van der Waals surface area contributed by atoms with Gasteiger partial charge < -0.3 is 15.4 Å². The van der Waals surface area contributed by atoms with E-state index < -0.39 is 0 Å². The van der Waals surface area contributed by atoms with E-state index in [4.69, 9.17) is 4.74 Å². The molecule has 1 aliphatic rings. The Bertz CT molecular complexity index is 521. The normalized spacial score (nSPS) is 14.5. The summed E-state index contributed by atoms with van der Waals surface area (Å²) in [5, 5.41) is 6.04. The third-order valence-electron chi connectivity index (χ3n) is 3.62. The molecule has 1 amide bonds. The van der Waals surface area contributed by atoms with E-state index in [9.17, 15) is 9.59 Å². The number of nitrogens with one attached hydrogen (secondary N) is 2. The van der Waals surface area contributed by atoms with Gasteiger partial charge in [-0.05, 0) is 43.0 Å². The van der Waals surface area contributed by atoms with Crippen LogP contribution in [-0.2, 0) is 14.3 Å². The molecule has 1 aromatic rings. The molecule has 0 spiro atoms. The Morgan fingerprint density at radius 1 is 1.30 bits per heavy atom. The number of amides is 1. The zero-order chi connectivity index (χ0) is 15.9. The van der Waals surface area contributed by atoms with Crippen LogP contribution in [0.15, 0.2) is 28.7 Å². The predicted octanol–water partition coefficient (Wildman–Crippen LogP) is 2.59. The molecule has 1 unspecified atom stereocenters. The van der Waals surface area contributed by atoms with Gasteiger partial charge in [0.15, 0.2) is 0 Å². The molecular weight excluding hydrogens is 384 g/mol. The summed E-state index contributed by atoms with van der Waals surface area (Å²) in [4.78, 5) is 23.6. The van der Waals surface area contributed by atoms with Crippen LogP contribution in [0, 0.1) is 5.92 Å². The lowest BCUT2D eigenvalue weighted by Crippen LogP contribution is -2.37. The van der Waals surface area contributed by atoms with E-state index >= 15 is 0 Å². The van der Waals surface area contributed by atoms with Crippen molar-refractivity contribution in [3.8, 4) is 0 Å². The van der Waals surface area contributed by atoms with Gasteiger partial charge in [-0.1, -0.05) is 28.1 Å². The number of hydrogen-bond acceptors (Lipinski definition) is 4. The van der Waals surface area contributed by atoms with Crippen molar-refractivity contribution in [1.29, 1.82) is 0 Å². The highest BCUT2D eigenvalue weighted by atomic mass is 79.9. The molecule has 23 heavy (non-hydrogen) atoms. The minimum absolute atomic E-state index is 0. The molecule has 2 rings (SSSR count). The van der Waals surface area contributed by atoms with Crippen LogP contribution in [0.2, 0.25) is 0 Å². The Balaban J connectivity index is 0.00000264. The second-order valence-electron chi connectivity index (χ2n) is 5.53. The highest BCUT2D eigenvalue weighted by molar-refractivity contribution is 9.10. The van der Waals surface area contributed by atoms with Gasteiger partial charge in [-0.15, -0.1) is 12.4 Å². The average Bonchev–Trinajstić information content (AvgIpc) is 3.31. The van der Waals surface area contributed by atoms with Crippen molar-refractivity contribution in [2.24, 2.45) is 5.92 Å². The number of hydrogen-bond donors (Lipinski definition) is 2. The van der Waals surface area contributed by atoms with E-state index in [-0.39, 0.29) is 43.3 Å². The van der Waals surface area contributed by atoms with Crippen molar-refractivity contribution in [2.75, 3.05) is 20.2 Å². The summed E-state index contributed by atoms with van der Waals surface area (Å²) >= 11 is 3.37. The van der Waals surface area contributed by atoms with Crippen molar-refractivity contribution in [3.63, 3.8) is 0 Å². The summed E-state index contributed by atoms with van der Waals surface area (Å²) in [6, 6.07) is 7.16. The highest BCUT2D eigenvalue weighted by Gasteiger charge is 2.22. The number of ether oxygens (including phenoxy) is 1. The summed E-state index contributed by atoms with van der Waals surface area (Å²) in [6.45, 7) is 1.15. The van der Waals surface area contributed by atoms with Crippen LogP contribution in [0.1, 0.15) is 30.9 Å². The van der Waals surface area contributed by atoms with Crippen LogP contribution < -0.4 is 10.6 Å². The Morgan fingerprint density at radius 2 is 1.96 bits per heavy atom. The molecule has 0 aliphatic heterocycles. The number of rotatable bonds is 8. The van der Waals surface area contributed by atoms with Crippen molar-refractivity contribution in [3.05, 3.63) is 34.3 Å². The maximum atomic E-state index is 12.0. The minimum Gasteiger partial charge on any atom is -0.469 e. The summed E-state index contributed by atoms with van der Waals surface area (Å²) in [6.07, 6.45) is 2.61. The van der Waals surface area contributed by atoms with Crippen molar-refractivity contribution in [1.82, 2.24) is 10.6 Å². The maximum absolute atomic E-state index is 12.0. The van der Waals surface area contributed by atoms with Gasteiger partial charge in [-0.2, -0.15) is 0 Å². The lowest BCUT2D eigenvalue weighted by molar-refractivity contribution is -0.141. The molecule has 5 nitrogen and oxygen atoms in total. The smallest absolute Gasteiger partial charge is 0.307 e. The number of benzene rings is 1. The zero-order valence-electron chi connectivity index (χ0n) is 13.0. The van der Waals surface area contributed by atoms with Gasteiger partial charge in [-0.25, -0.2) is 0 Å². The molecule has 0 radical (unpaired) electrons. The van der Waals surface area contributed by atoms with Gasteiger partial charge in [0.1, 0.15) is 0 Å². The molecule has 0 aromatic heterocycles. The molecule has 1 aromatic carbocycles. The van der Waals surface area contributed by atoms with E-state index in [2.05, 4.69) is 26.6 Å². The van der Waals surface area contributed by atoms with Gasteiger partial charge >= 0.3 is 5.97 Å². The standard InChI is InChI=1S/C16H21BrN2O3.ClH/c1-22-16(21)8-14(12-4-6-13(17)7-5-12)19-15(20)10-18-9-11-2-3-11;/h4-7,11,14,18H,2-3,8-10H2,1H3,(H,19,20);1H. The first kappa shape index (κ1) is 19.9. The molecule has 1 fully saturated rings. The summed E-state index contributed by atoms with van der Waals surface area (Å²) in [5.41, 5.74) is 0.879. The molecule has 0 saturated heterocycles. The number of esters is 1. The first-order chi connectivity index (χ1) is 10.6. The summed E-state index contributed by atoms with van der Waals surface area (Å²) in [7, 11) is 1.35. The number of carbonyl (C=O) groups excluding carboxylic acids is 2. The van der Waals surface area contributed by atoms with Gasteiger partial charge in [0.2, 0.25) is 5.91 Å². The molecule has 128 valence electrons. The monoisotopic (exact) mass is 404 g/mol.